The number of nitrogens with two attached hydrogens (primary N) is 1. The largest absolute Gasteiger partial charge is 0.356 e. The Kier molecular flexibility index (Phi) is 1.54. The Morgan fingerprint density at radius 2 is 2.45 bits per heavy atom. The fraction of sp³-hybridized carbons (Fsp3) is 0.667. The number of anilines is 1. The lowest BCUT2D eigenvalue weighted by molar-refractivity contribution is 0.999. The van der Waals surface area contributed by atoms with Crippen LogP contribution in [0, 0.1) is 6.92 Å². The molecule has 60 valence electrons. The highest BCUT2D eigenvalue weighted by Gasteiger charge is 2.33. The Morgan fingerprint density at radius 3 is 2.91 bits per heavy atom. The molecular weight excluding hydrogens is 160 g/mol. The lowest BCUT2D eigenvalue weighted by Gasteiger charge is -1.95. The van der Waals surface area contributed by atoms with Crippen LogP contribution >= 0.6 is 11.5 Å². The number of aryl methyl sites for hydroxylation is 1. The summed E-state index contributed by atoms with van der Waals surface area (Å²) in [6.45, 7) is 1.88. The molecular formula is C6H10N4S. The molecule has 1 aliphatic carbocycles. The Morgan fingerprint density at radius 1 is 1.73 bits per heavy atom. The fourth-order valence-corrected chi connectivity index (χ4v) is 1.53. The van der Waals surface area contributed by atoms with Gasteiger partial charge in [-0.15, -0.1) is 0 Å². The zero-order valence-corrected chi connectivity index (χ0v) is 7.06. The summed E-state index contributed by atoms with van der Waals surface area (Å²) in [5, 5.41) is 4.10. The minimum atomic E-state index is 0.319. The van der Waals surface area contributed by atoms with E-state index in [1.807, 2.05) is 6.92 Å². The highest BCUT2D eigenvalue weighted by atomic mass is 32.1. The van der Waals surface area contributed by atoms with Gasteiger partial charge in [0.2, 0.25) is 5.13 Å². The predicted molar refractivity (Wildman–Crippen MR) is 44.6 cm³/mol. The molecule has 11 heavy (non-hydrogen) atoms. The normalized spacial score (nSPS) is 28.5. The van der Waals surface area contributed by atoms with Gasteiger partial charge < -0.3 is 11.1 Å². The third-order valence-corrected chi connectivity index (χ3v) is 2.41. The highest BCUT2D eigenvalue weighted by molar-refractivity contribution is 7.09. The maximum atomic E-state index is 5.62. The molecule has 0 amide bonds. The van der Waals surface area contributed by atoms with Gasteiger partial charge in [-0.1, -0.05) is 0 Å². The van der Waals surface area contributed by atoms with E-state index in [0.717, 1.165) is 17.4 Å². The van der Waals surface area contributed by atoms with Crippen LogP contribution in [0.25, 0.3) is 0 Å². The summed E-state index contributed by atoms with van der Waals surface area (Å²) in [7, 11) is 0. The summed E-state index contributed by atoms with van der Waals surface area (Å²) in [5.41, 5.74) is 5.62. The smallest absolute Gasteiger partial charge is 0.202 e. The van der Waals surface area contributed by atoms with E-state index in [4.69, 9.17) is 5.73 Å². The van der Waals surface area contributed by atoms with Gasteiger partial charge in [0, 0.05) is 23.6 Å². The topological polar surface area (TPSA) is 63.8 Å². The molecule has 1 saturated carbocycles. The van der Waals surface area contributed by atoms with Crippen LogP contribution in [-0.4, -0.2) is 21.4 Å². The molecule has 1 fully saturated rings. The molecule has 1 aromatic rings. The average Bonchev–Trinajstić information content (AvgIpc) is 2.42. The van der Waals surface area contributed by atoms with Gasteiger partial charge in [-0.3, -0.25) is 0 Å². The number of rotatable bonds is 2. The number of aromatic nitrogens is 2. The van der Waals surface area contributed by atoms with Crippen molar-refractivity contribution in [1.29, 1.82) is 0 Å². The van der Waals surface area contributed by atoms with Crippen LogP contribution in [0.1, 0.15) is 12.2 Å². The molecule has 3 N–H and O–H groups in total. The highest BCUT2D eigenvalue weighted by Crippen LogP contribution is 2.24. The van der Waals surface area contributed by atoms with Gasteiger partial charge in [-0.2, -0.15) is 4.37 Å². The molecule has 0 aliphatic heterocycles. The third kappa shape index (κ3) is 1.49. The fourth-order valence-electron chi connectivity index (χ4n) is 0.895. The van der Waals surface area contributed by atoms with E-state index in [-0.39, 0.29) is 0 Å². The molecule has 0 radical (unpaired) electrons. The van der Waals surface area contributed by atoms with Crippen molar-refractivity contribution >= 4 is 16.7 Å². The minimum absolute atomic E-state index is 0.319. The zero-order chi connectivity index (χ0) is 7.84. The number of hydrogen-bond donors (Lipinski definition) is 2. The first-order valence-corrected chi connectivity index (χ1v) is 4.35. The first-order chi connectivity index (χ1) is 5.25. The first-order valence-electron chi connectivity index (χ1n) is 3.58. The second-order valence-corrected chi connectivity index (χ2v) is 3.55. The quantitative estimate of drug-likeness (QED) is 0.672. The van der Waals surface area contributed by atoms with Crippen molar-refractivity contribution in [3.8, 4) is 0 Å². The van der Waals surface area contributed by atoms with Crippen molar-refractivity contribution in [1.82, 2.24) is 9.36 Å². The van der Waals surface area contributed by atoms with Crippen molar-refractivity contribution in [3.05, 3.63) is 5.82 Å². The van der Waals surface area contributed by atoms with Crippen LogP contribution in [0.15, 0.2) is 0 Å². The first kappa shape index (κ1) is 7.00. The van der Waals surface area contributed by atoms with Crippen LogP contribution in [0.5, 0.6) is 0 Å². The van der Waals surface area contributed by atoms with E-state index < -0.39 is 0 Å². The second-order valence-electron chi connectivity index (χ2n) is 2.80. The molecule has 2 atom stereocenters. The van der Waals surface area contributed by atoms with Crippen molar-refractivity contribution < 1.29 is 0 Å². The van der Waals surface area contributed by atoms with Crippen molar-refractivity contribution in [2.45, 2.75) is 25.4 Å². The number of nitrogens with one attached hydrogen (secondary N) is 1. The lowest BCUT2D eigenvalue weighted by Crippen LogP contribution is -2.12. The molecule has 5 heteroatoms. The van der Waals surface area contributed by atoms with Gasteiger partial charge in [0.15, 0.2) is 0 Å². The molecule has 1 aromatic heterocycles. The van der Waals surface area contributed by atoms with Crippen molar-refractivity contribution in [3.63, 3.8) is 0 Å². The zero-order valence-electron chi connectivity index (χ0n) is 6.24. The van der Waals surface area contributed by atoms with Crippen LogP contribution in [0.4, 0.5) is 5.13 Å². The minimum Gasteiger partial charge on any atom is -0.356 e. The van der Waals surface area contributed by atoms with Crippen LogP contribution in [0.3, 0.4) is 0 Å². The molecule has 2 unspecified atom stereocenters. The molecule has 4 nitrogen and oxygen atoms in total. The molecule has 0 aromatic carbocycles. The van der Waals surface area contributed by atoms with E-state index >= 15 is 0 Å². The summed E-state index contributed by atoms with van der Waals surface area (Å²) in [6, 6.07) is 0.751. The van der Waals surface area contributed by atoms with Gasteiger partial charge in [-0.25, -0.2) is 4.98 Å². The summed E-state index contributed by atoms with van der Waals surface area (Å²) >= 11 is 1.39. The Labute approximate surface area is 69.0 Å². The maximum absolute atomic E-state index is 5.62. The lowest BCUT2D eigenvalue weighted by atomic mass is 10.6. The average molecular weight is 170 g/mol. The van der Waals surface area contributed by atoms with Gasteiger partial charge in [0.05, 0.1) is 0 Å². The van der Waals surface area contributed by atoms with Crippen molar-refractivity contribution in [2.75, 3.05) is 5.32 Å². The number of nitrogens with zero attached hydrogens (tertiary/aromatic N) is 2. The van der Waals surface area contributed by atoms with Crippen LogP contribution in [0.2, 0.25) is 0 Å². The van der Waals surface area contributed by atoms with Gasteiger partial charge >= 0.3 is 0 Å². The van der Waals surface area contributed by atoms with E-state index in [2.05, 4.69) is 14.7 Å². The molecule has 1 aliphatic rings. The van der Waals surface area contributed by atoms with Gasteiger partial charge in [0.1, 0.15) is 5.82 Å². The maximum Gasteiger partial charge on any atom is 0.202 e. The Bertz CT molecular complexity index is 259. The predicted octanol–water partition coefficient (Wildman–Crippen LogP) is 0.358. The second kappa shape index (κ2) is 2.42. The summed E-state index contributed by atoms with van der Waals surface area (Å²) in [4.78, 5) is 4.17. The SMILES string of the molecule is Cc1nsc(NC2CC2N)n1. The van der Waals surface area contributed by atoms with E-state index in [9.17, 15) is 0 Å². The van der Waals surface area contributed by atoms with Gasteiger partial charge in [-0.05, 0) is 13.3 Å². The Hall–Kier alpha value is -0.680. The van der Waals surface area contributed by atoms with E-state index in [1.54, 1.807) is 0 Å². The molecule has 1 heterocycles. The number of hydrogen-bond acceptors (Lipinski definition) is 5. The van der Waals surface area contributed by atoms with Crippen LogP contribution in [-0.2, 0) is 0 Å². The molecule has 2 rings (SSSR count). The van der Waals surface area contributed by atoms with Crippen LogP contribution < -0.4 is 11.1 Å². The summed E-state index contributed by atoms with van der Waals surface area (Å²) in [5.74, 6) is 0.826. The molecule has 0 spiro atoms. The monoisotopic (exact) mass is 170 g/mol. The summed E-state index contributed by atoms with van der Waals surface area (Å²) < 4.78 is 4.05. The molecule has 0 saturated heterocycles. The Balaban J connectivity index is 1.96. The van der Waals surface area contributed by atoms with E-state index in [1.165, 1.54) is 11.5 Å². The third-order valence-electron chi connectivity index (χ3n) is 1.68. The van der Waals surface area contributed by atoms with Gasteiger partial charge in [0.25, 0.3) is 0 Å². The van der Waals surface area contributed by atoms with E-state index in [0.29, 0.717) is 12.1 Å². The van der Waals surface area contributed by atoms with Crippen molar-refractivity contribution in [2.24, 2.45) is 5.73 Å². The standard InChI is InChI=1S/C6H10N4S/c1-3-8-6(11-10-3)9-5-2-4(5)7/h4-5H,2,7H2,1H3,(H,8,9,10). The summed E-state index contributed by atoms with van der Waals surface area (Å²) in [6.07, 6.45) is 1.05. The molecule has 0 bridgehead atoms.